The van der Waals surface area contributed by atoms with Gasteiger partial charge in [0.05, 0.1) is 0 Å². The molecule has 0 amide bonds. The molecule has 0 saturated carbocycles. The average Bonchev–Trinajstić information content (AvgIpc) is 2.95. The van der Waals surface area contributed by atoms with Crippen molar-refractivity contribution in [2.24, 2.45) is 0 Å². The van der Waals surface area contributed by atoms with Crippen LogP contribution < -0.4 is 0 Å². The lowest BCUT2D eigenvalue weighted by Gasteiger charge is -2.39. The highest BCUT2D eigenvalue weighted by Gasteiger charge is 2.29. The maximum Gasteiger partial charge on any atom is 0.328 e. The maximum atomic E-state index is 9.55. The van der Waals surface area contributed by atoms with Gasteiger partial charge in [-0.2, -0.15) is 0 Å². The summed E-state index contributed by atoms with van der Waals surface area (Å²) < 4.78 is 0. The van der Waals surface area contributed by atoms with E-state index in [1.165, 1.54) is 20.9 Å². The summed E-state index contributed by atoms with van der Waals surface area (Å²) in [4.78, 5) is 26.9. The minimum absolute atomic E-state index is 0.399. The van der Waals surface area contributed by atoms with Crippen LogP contribution in [0, 0.1) is 0 Å². The number of carboxylic acids is 2. The molecule has 1 fully saturated rings. The van der Waals surface area contributed by atoms with Gasteiger partial charge in [-0.15, -0.1) is 6.58 Å². The predicted octanol–water partition coefficient (Wildman–Crippen LogP) is 4.60. The SMILES string of the molecule is C=CCN1CCN(C2Cc3ccccc3Sc3ccc(Cl)cc32)CC1.O=C(O)/C=C\C(=O)O. The Bertz CT molecular complexity index is 1020. The van der Waals surface area contributed by atoms with Crippen LogP contribution in [0.5, 0.6) is 0 Å². The molecule has 2 aliphatic heterocycles. The van der Waals surface area contributed by atoms with Crippen molar-refractivity contribution in [1.29, 1.82) is 0 Å². The number of carboxylic acid groups (broad SMARTS) is 2. The zero-order chi connectivity index (χ0) is 23.8. The number of benzene rings is 2. The molecule has 0 aromatic heterocycles. The topological polar surface area (TPSA) is 81.1 Å². The molecule has 174 valence electrons. The lowest BCUT2D eigenvalue weighted by molar-refractivity contribution is -0.134. The molecule has 6 nitrogen and oxygen atoms in total. The average molecular weight is 487 g/mol. The molecule has 2 heterocycles. The monoisotopic (exact) mass is 486 g/mol. The summed E-state index contributed by atoms with van der Waals surface area (Å²) in [5.41, 5.74) is 2.82. The van der Waals surface area contributed by atoms with Gasteiger partial charge in [-0.3, -0.25) is 9.80 Å². The van der Waals surface area contributed by atoms with E-state index >= 15 is 0 Å². The lowest BCUT2D eigenvalue weighted by atomic mass is 9.96. The van der Waals surface area contributed by atoms with E-state index in [2.05, 4.69) is 52.8 Å². The molecule has 0 spiro atoms. The van der Waals surface area contributed by atoms with Crippen LogP contribution in [0.3, 0.4) is 0 Å². The summed E-state index contributed by atoms with van der Waals surface area (Å²) in [6.45, 7) is 9.25. The van der Waals surface area contributed by atoms with Crippen molar-refractivity contribution in [2.45, 2.75) is 22.3 Å². The van der Waals surface area contributed by atoms with Gasteiger partial charge in [-0.25, -0.2) is 9.59 Å². The number of hydrogen-bond acceptors (Lipinski definition) is 5. The van der Waals surface area contributed by atoms with Gasteiger partial charge in [0, 0.05) is 65.7 Å². The molecular weight excluding hydrogens is 460 g/mol. The van der Waals surface area contributed by atoms with Gasteiger partial charge in [-0.1, -0.05) is 47.6 Å². The predicted molar refractivity (Wildman–Crippen MR) is 131 cm³/mol. The molecule has 1 unspecified atom stereocenters. The molecule has 2 aromatic rings. The molecule has 4 rings (SSSR count). The Hall–Kier alpha value is -2.58. The first-order valence-electron chi connectivity index (χ1n) is 10.6. The van der Waals surface area contributed by atoms with Crippen molar-refractivity contribution in [2.75, 3.05) is 32.7 Å². The van der Waals surface area contributed by atoms with E-state index < -0.39 is 11.9 Å². The fourth-order valence-corrected chi connectivity index (χ4v) is 5.29. The van der Waals surface area contributed by atoms with Crippen LogP contribution in [-0.4, -0.2) is 64.7 Å². The van der Waals surface area contributed by atoms with E-state index in [0.717, 1.165) is 44.2 Å². The van der Waals surface area contributed by atoms with E-state index in [0.29, 0.717) is 18.2 Å². The molecular formula is C25H27ClN2O4S. The number of nitrogens with zero attached hydrogens (tertiary/aromatic N) is 2. The van der Waals surface area contributed by atoms with Crippen molar-refractivity contribution in [3.63, 3.8) is 0 Å². The summed E-state index contributed by atoms with van der Waals surface area (Å²) in [6.07, 6.45) is 4.17. The molecule has 33 heavy (non-hydrogen) atoms. The molecule has 2 aliphatic rings. The minimum atomic E-state index is -1.26. The third-order valence-electron chi connectivity index (χ3n) is 5.54. The molecule has 2 N–H and O–H groups in total. The first kappa shape index (κ1) is 25.1. The second kappa shape index (κ2) is 12.0. The second-order valence-electron chi connectivity index (χ2n) is 7.75. The number of halogens is 1. The van der Waals surface area contributed by atoms with Crippen LogP contribution in [0.2, 0.25) is 5.02 Å². The van der Waals surface area contributed by atoms with Gasteiger partial charge in [0.15, 0.2) is 0 Å². The number of piperazine rings is 1. The first-order valence-corrected chi connectivity index (χ1v) is 11.8. The fourth-order valence-electron chi connectivity index (χ4n) is 3.99. The molecule has 8 heteroatoms. The quantitative estimate of drug-likeness (QED) is 0.472. The Balaban J connectivity index is 0.000000331. The van der Waals surface area contributed by atoms with Gasteiger partial charge < -0.3 is 10.2 Å². The van der Waals surface area contributed by atoms with E-state index in [9.17, 15) is 9.59 Å². The van der Waals surface area contributed by atoms with Crippen LogP contribution in [0.15, 0.2) is 77.1 Å². The van der Waals surface area contributed by atoms with Gasteiger partial charge in [0.2, 0.25) is 0 Å². The standard InChI is InChI=1S/C21H23ClN2S.C4H4O4/c1-2-9-23-10-12-24(13-11-23)19-14-16-5-3-4-6-20(16)25-21-8-7-17(22)15-18(19)21;5-3(6)1-2-4(7)8/h2-8,15,19H,1,9-14H2;1-2H,(H,5,6)(H,7,8)/b;2-1-. The lowest BCUT2D eigenvalue weighted by Crippen LogP contribution is -2.47. The summed E-state index contributed by atoms with van der Waals surface area (Å²) in [7, 11) is 0. The Morgan fingerprint density at radius 2 is 1.70 bits per heavy atom. The van der Waals surface area contributed by atoms with Gasteiger partial charge in [0.25, 0.3) is 0 Å². The number of rotatable bonds is 5. The zero-order valence-electron chi connectivity index (χ0n) is 18.2. The second-order valence-corrected chi connectivity index (χ2v) is 9.27. The van der Waals surface area contributed by atoms with E-state index in [-0.39, 0.29) is 0 Å². The van der Waals surface area contributed by atoms with Crippen molar-refractivity contribution in [1.82, 2.24) is 9.80 Å². The Morgan fingerprint density at radius 1 is 1.03 bits per heavy atom. The van der Waals surface area contributed by atoms with Crippen LogP contribution >= 0.6 is 23.4 Å². The molecule has 0 bridgehead atoms. The fraction of sp³-hybridized carbons (Fsp3) is 0.280. The third-order valence-corrected chi connectivity index (χ3v) is 6.99. The van der Waals surface area contributed by atoms with E-state index in [1.807, 2.05) is 23.9 Å². The minimum Gasteiger partial charge on any atom is -0.478 e. The molecule has 0 aliphatic carbocycles. The largest absolute Gasteiger partial charge is 0.478 e. The van der Waals surface area contributed by atoms with Gasteiger partial charge in [0.1, 0.15) is 0 Å². The molecule has 1 saturated heterocycles. The normalized spacial score (nSPS) is 18.4. The van der Waals surface area contributed by atoms with Crippen molar-refractivity contribution in [3.05, 3.63) is 83.4 Å². The third kappa shape index (κ3) is 7.20. The van der Waals surface area contributed by atoms with Gasteiger partial charge >= 0.3 is 11.9 Å². The number of fused-ring (bicyclic) bond motifs is 2. The Labute approximate surface area is 203 Å². The van der Waals surface area contributed by atoms with Crippen molar-refractivity contribution < 1.29 is 19.8 Å². The Kier molecular flexibility index (Phi) is 9.14. The molecule has 2 aromatic carbocycles. The molecule has 0 radical (unpaired) electrons. The summed E-state index contributed by atoms with van der Waals surface area (Å²) >= 11 is 8.24. The molecule has 1 atom stereocenters. The van der Waals surface area contributed by atoms with Gasteiger partial charge in [-0.05, 0) is 41.8 Å². The number of aliphatic carboxylic acids is 2. The smallest absolute Gasteiger partial charge is 0.328 e. The highest BCUT2D eigenvalue weighted by atomic mass is 35.5. The van der Waals surface area contributed by atoms with Crippen molar-refractivity contribution >= 4 is 35.3 Å². The summed E-state index contributed by atoms with van der Waals surface area (Å²) in [6, 6.07) is 15.6. The van der Waals surface area contributed by atoms with E-state index in [1.54, 1.807) is 0 Å². The zero-order valence-corrected chi connectivity index (χ0v) is 19.8. The first-order chi connectivity index (χ1) is 15.9. The van der Waals surface area contributed by atoms with E-state index in [4.69, 9.17) is 21.8 Å². The van der Waals surface area contributed by atoms with Crippen LogP contribution in [0.4, 0.5) is 0 Å². The summed E-state index contributed by atoms with van der Waals surface area (Å²) in [5, 5.41) is 16.5. The van der Waals surface area contributed by atoms with Crippen LogP contribution in [-0.2, 0) is 16.0 Å². The number of hydrogen-bond donors (Lipinski definition) is 2. The number of carbonyl (C=O) groups is 2. The summed E-state index contributed by atoms with van der Waals surface area (Å²) in [5.74, 6) is -2.51. The maximum absolute atomic E-state index is 9.55. The highest BCUT2D eigenvalue weighted by molar-refractivity contribution is 7.99. The highest BCUT2D eigenvalue weighted by Crippen LogP contribution is 2.43. The Morgan fingerprint density at radius 3 is 2.33 bits per heavy atom. The van der Waals surface area contributed by atoms with Crippen LogP contribution in [0.25, 0.3) is 0 Å². The van der Waals surface area contributed by atoms with Crippen LogP contribution in [0.1, 0.15) is 17.2 Å². The van der Waals surface area contributed by atoms with Crippen molar-refractivity contribution in [3.8, 4) is 0 Å².